The molecule has 0 radical (unpaired) electrons. The molecule has 9 heteroatoms. The van der Waals surface area contributed by atoms with Crippen LogP contribution < -0.4 is 5.32 Å². The van der Waals surface area contributed by atoms with Crippen LogP contribution in [-0.2, 0) is 26.1 Å². The van der Waals surface area contributed by atoms with E-state index in [9.17, 15) is 13.2 Å². The third kappa shape index (κ3) is 5.32. The number of anilines is 1. The van der Waals surface area contributed by atoms with Gasteiger partial charge in [-0.25, -0.2) is 13.4 Å². The third-order valence-corrected chi connectivity index (χ3v) is 6.13. The molecule has 0 fully saturated rings. The van der Waals surface area contributed by atoms with Gasteiger partial charge in [0.15, 0.2) is 11.7 Å². The van der Waals surface area contributed by atoms with E-state index < -0.39 is 10.0 Å². The molecule has 0 aliphatic carbocycles. The number of rotatable bonds is 9. The molecular weight excluding hydrogens is 406 g/mol. The summed E-state index contributed by atoms with van der Waals surface area (Å²) < 4.78 is 30.8. The van der Waals surface area contributed by atoms with E-state index in [2.05, 4.69) is 10.3 Å². The van der Waals surface area contributed by atoms with E-state index in [4.69, 9.17) is 9.25 Å². The van der Waals surface area contributed by atoms with E-state index >= 15 is 0 Å². The Labute approximate surface area is 175 Å². The fraction of sp³-hybridized carbons (Fsp3) is 0.238. The molecule has 3 rings (SSSR count). The average molecular weight is 429 g/mol. The van der Waals surface area contributed by atoms with Crippen molar-refractivity contribution in [2.45, 2.75) is 24.2 Å². The molecule has 0 spiro atoms. The molecule has 8 nitrogen and oxygen atoms in total. The van der Waals surface area contributed by atoms with E-state index in [0.717, 1.165) is 10.0 Å². The topological polar surface area (TPSA) is 102 Å². The highest BCUT2D eigenvalue weighted by Gasteiger charge is 2.20. The number of amides is 1. The second-order valence-electron chi connectivity index (χ2n) is 6.51. The molecule has 1 N–H and O–H groups in total. The molecule has 158 valence electrons. The largest absolute Gasteiger partial charge is 0.441 e. The van der Waals surface area contributed by atoms with Gasteiger partial charge in [0, 0.05) is 31.1 Å². The van der Waals surface area contributed by atoms with Gasteiger partial charge in [-0.1, -0.05) is 34.8 Å². The summed E-state index contributed by atoms with van der Waals surface area (Å²) in [6.45, 7) is 0. The number of hydrogen-bond acceptors (Lipinski definition) is 6. The zero-order valence-corrected chi connectivity index (χ0v) is 17.6. The van der Waals surface area contributed by atoms with Crippen LogP contribution in [0, 0.1) is 0 Å². The Morgan fingerprint density at radius 2 is 1.83 bits per heavy atom. The lowest BCUT2D eigenvalue weighted by molar-refractivity contribution is -0.116. The molecular formula is C21H23N3O5S. The lowest BCUT2D eigenvalue weighted by atomic mass is 10.2. The molecule has 3 aromatic rings. The maximum absolute atomic E-state index is 12.2. The summed E-state index contributed by atoms with van der Waals surface area (Å²) in [5.41, 5.74) is 1.47. The summed E-state index contributed by atoms with van der Waals surface area (Å²) in [4.78, 5) is 21.2. The van der Waals surface area contributed by atoms with Crippen molar-refractivity contribution >= 4 is 21.6 Å². The Morgan fingerprint density at radius 1 is 1.13 bits per heavy atom. The first-order chi connectivity index (χ1) is 14.4. The minimum absolute atomic E-state index is 0.0722. The molecule has 1 amide bonds. The molecule has 0 aliphatic rings. The number of carbonyl (C=O) groups is 1. The van der Waals surface area contributed by atoms with E-state index in [0.29, 0.717) is 30.2 Å². The van der Waals surface area contributed by atoms with Crippen LogP contribution in [0.15, 0.2) is 70.1 Å². The standard InChI is InChI=1S/C21H23N3O5S/c1-24(28-2)30(26,27)18-13-11-17(12-14-18)23-20(25)9-6-10-21-22-15-19(29-21)16-7-4-3-5-8-16/h3-5,7-8,11-15H,6,9-10H2,1-2H3,(H,23,25). The van der Waals surface area contributed by atoms with E-state index in [1.54, 1.807) is 6.20 Å². The monoisotopic (exact) mass is 429 g/mol. The van der Waals surface area contributed by atoms with E-state index in [1.807, 2.05) is 30.3 Å². The van der Waals surface area contributed by atoms with Crippen LogP contribution in [0.4, 0.5) is 5.69 Å². The number of hydroxylamine groups is 1. The molecule has 0 atom stereocenters. The van der Waals surface area contributed by atoms with Gasteiger partial charge in [-0.05, 0) is 30.7 Å². The highest BCUT2D eigenvalue weighted by molar-refractivity contribution is 7.89. The fourth-order valence-corrected chi connectivity index (χ4v) is 3.72. The van der Waals surface area contributed by atoms with Gasteiger partial charge in [0.05, 0.1) is 18.2 Å². The van der Waals surface area contributed by atoms with Crippen LogP contribution in [0.1, 0.15) is 18.7 Å². The minimum atomic E-state index is -3.72. The Balaban J connectivity index is 1.49. The predicted molar refractivity (Wildman–Crippen MR) is 112 cm³/mol. The van der Waals surface area contributed by atoms with Crippen LogP contribution in [0.25, 0.3) is 11.3 Å². The maximum atomic E-state index is 12.2. The summed E-state index contributed by atoms with van der Waals surface area (Å²) in [5.74, 6) is 1.11. The van der Waals surface area contributed by atoms with Gasteiger partial charge in [0.1, 0.15) is 0 Å². The molecule has 0 bridgehead atoms. The smallest absolute Gasteiger partial charge is 0.264 e. The first-order valence-electron chi connectivity index (χ1n) is 9.33. The number of aryl methyl sites for hydroxylation is 1. The summed E-state index contributed by atoms with van der Waals surface area (Å²) in [7, 11) is -1.14. The lowest BCUT2D eigenvalue weighted by Crippen LogP contribution is -2.25. The van der Waals surface area contributed by atoms with Crippen molar-refractivity contribution in [3.8, 4) is 11.3 Å². The molecule has 0 aliphatic heterocycles. The number of aromatic nitrogens is 1. The van der Waals surface area contributed by atoms with Crippen molar-refractivity contribution in [2.75, 3.05) is 19.5 Å². The van der Waals surface area contributed by atoms with Gasteiger partial charge in [0.2, 0.25) is 5.91 Å². The highest BCUT2D eigenvalue weighted by Crippen LogP contribution is 2.21. The lowest BCUT2D eigenvalue weighted by Gasteiger charge is -2.14. The maximum Gasteiger partial charge on any atom is 0.264 e. The van der Waals surface area contributed by atoms with Gasteiger partial charge >= 0.3 is 0 Å². The van der Waals surface area contributed by atoms with Crippen LogP contribution in [-0.4, -0.2) is 37.9 Å². The number of benzene rings is 2. The Kier molecular flexibility index (Phi) is 6.99. The molecule has 1 aromatic heterocycles. The summed E-state index contributed by atoms with van der Waals surface area (Å²) in [5, 5.41) is 2.75. The van der Waals surface area contributed by atoms with Gasteiger partial charge < -0.3 is 9.73 Å². The normalized spacial score (nSPS) is 11.6. The van der Waals surface area contributed by atoms with Crippen molar-refractivity contribution in [1.29, 1.82) is 0 Å². The van der Waals surface area contributed by atoms with Crippen LogP contribution in [0.3, 0.4) is 0 Å². The van der Waals surface area contributed by atoms with Crippen molar-refractivity contribution < 1.29 is 22.5 Å². The number of oxazole rings is 1. The molecule has 0 unspecified atom stereocenters. The predicted octanol–water partition coefficient (Wildman–Crippen LogP) is 3.48. The number of hydrogen-bond donors (Lipinski definition) is 1. The summed E-state index contributed by atoms with van der Waals surface area (Å²) >= 11 is 0. The molecule has 0 saturated heterocycles. The van der Waals surface area contributed by atoms with Gasteiger partial charge in [-0.15, -0.1) is 0 Å². The second kappa shape index (κ2) is 9.66. The Hall–Kier alpha value is -3.01. The van der Waals surface area contributed by atoms with Crippen molar-refractivity contribution in [1.82, 2.24) is 9.45 Å². The summed E-state index contributed by atoms with van der Waals surface area (Å²) in [6, 6.07) is 15.6. The molecule has 0 saturated carbocycles. The molecule has 1 heterocycles. The van der Waals surface area contributed by atoms with Crippen LogP contribution in [0.2, 0.25) is 0 Å². The first-order valence-corrected chi connectivity index (χ1v) is 10.8. The van der Waals surface area contributed by atoms with E-state index in [1.165, 1.54) is 38.4 Å². The van der Waals surface area contributed by atoms with Gasteiger partial charge in [-0.3, -0.25) is 9.63 Å². The number of nitrogens with zero attached hydrogens (tertiary/aromatic N) is 2. The Bertz CT molecular complexity index is 1080. The zero-order valence-electron chi connectivity index (χ0n) is 16.7. The Morgan fingerprint density at radius 3 is 2.50 bits per heavy atom. The SMILES string of the molecule is CON(C)S(=O)(=O)c1ccc(NC(=O)CCCc2ncc(-c3ccccc3)o2)cc1. The number of sulfonamides is 1. The van der Waals surface area contributed by atoms with Crippen molar-refractivity contribution in [3.05, 3.63) is 66.7 Å². The second-order valence-corrected chi connectivity index (χ2v) is 8.44. The third-order valence-electron chi connectivity index (χ3n) is 4.44. The average Bonchev–Trinajstić information content (AvgIpc) is 3.23. The summed E-state index contributed by atoms with van der Waals surface area (Å²) in [6.07, 6.45) is 3.09. The first kappa shape index (κ1) is 21.7. The van der Waals surface area contributed by atoms with Crippen LogP contribution >= 0.6 is 0 Å². The fourth-order valence-electron chi connectivity index (χ4n) is 2.74. The molecule has 30 heavy (non-hydrogen) atoms. The van der Waals surface area contributed by atoms with Gasteiger partial charge in [0.25, 0.3) is 10.0 Å². The number of carbonyl (C=O) groups excluding carboxylic acids is 1. The van der Waals surface area contributed by atoms with Crippen molar-refractivity contribution in [2.24, 2.45) is 0 Å². The van der Waals surface area contributed by atoms with Crippen LogP contribution in [0.5, 0.6) is 0 Å². The number of nitrogens with one attached hydrogen (secondary N) is 1. The zero-order chi connectivity index (χ0) is 21.6. The van der Waals surface area contributed by atoms with Crippen molar-refractivity contribution in [3.63, 3.8) is 0 Å². The molecule has 2 aromatic carbocycles. The van der Waals surface area contributed by atoms with Gasteiger partial charge in [-0.2, -0.15) is 0 Å². The highest BCUT2D eigenvalue weighted by atomic mass is 32.2. The minimum Gasteiger partial charge on any atom is -0.441 e. The quantitative estimate of drug-likeness (QED) is 0.523. The van der Waals surface area contributed by atoms with E-state index in [-0.39, 0.29) is 17.2 Å².